The van der Waals surface area contributed by atoms with E-state index in [2.05, 4.69) is 0 Å². The molecule has 0 unspecified atom stereocenters. The molecular weight excluding hydrogens is 236 g/mol. The van der Waals surface area contributed by atoms with Crippen molar-refractivity contribution in [2.75, 3.05) is 7.11 Å². The van der Waals surface area contributed by atoms with Crippen molar-refractivity contribution in [1.82, 2.24) is 0 Å². The van der Waals surface area contributed by atoms with E-state index >= 15 is 0 Å². The molecule has 0 saturated heterocycles. The first-order valence-corrected chi connectivity index (χ1v) is 6.17. The second kappa shape index (κ2) is 6.55. The molecule has 0 aliphatic heterocycles. The number of rotatable bonds is 4. The van der Waals surface area contributed by atoms with Crippen LogP contribution in [0.1, 0.15) is 11.1 Å². The van der Waals surface area contributed by atoms with Gasteiger partial charge in [0.15, 0.2) is 0 Å². The van der Waals surface area contributed by atoms with Gasteiger partial charge < -0.3 is 4.74 Å². The highest BCUT2D eigenvalue weighted by Crippen LogP contribution is 2.14. The third-order valence-electron chi connectivity index (χ3n) is 2.83. The Morgan fingerprint density at radius 2 is 1.58 bits per heavy atom. The Labute approximate surface area is 113 Å². The van der Waals surface area contributed by atoms with E-state index in [0.717, 1.165) is 11.1 Å². The van der Waals surface area contributed by atoms with Gasteiger partial charge in [-0.1, -0.05) is 60.7 Å². The Morgan fingerprint density at radius 3 is 2.16 bits per heavy atom. The summed E-state index contributed by atoms with van der Waals surface area (Å²) in [6, 6.07) is 19.7. The second-order valence-electron chi connectivity index (χ2n) is 4.23. The van der Waals surface area contributed by atoms with Crippen LogP contribution in [0.4, 0.5) is 0 Å². The summed E-state index contributed by atoms with van der Waals surface area (Å²) in [5.74, 6) is -0.285. The van der Waals surface area contributed by atoms with E-state index in [1.165, 1.54) is 7.11 Å². The van der Waals surface area contributed by atoms with Crippen molar-refractivity contribution in [2.24, 2.45) is 0 Å². The van der Waals surface area contributed by atoms with Crippen LogP contribution >= 0.6 is 0 Å². The summed E-state index contributed by atoms with van der Waals surface area (Å²) in [6.07, 6.45) is 2.45. The average molecular weight is 252 g/mol. The lowest BCUT2D eigenvalue weighted by atomic mass is 10.0. The molecule has 0 atom stereocenters. The smallest absolute Gasteiger partial charge is 0.334 e. The first-order valence-electron chi connectivity index (χ1n) is 6.17. The Morgan fingerprint density at radius 1 is 1.00 bits per heavy atom. The number of carbonyl (C=O) groups excluding carboxylic acids is 1. The van der Waals surface area contributed by atoms with E-state index in [1.54, 1.807) is 0 Å². The van der Waals surface area contributed by atoms with Crippen molar-refractivity contribution in [1.29, 1.82) is 0 Å². The maximum absolute atomic E-state index is 11.8. The lowest BCUT2D eigenvalue weighted by molar-refractivity contribution is -0.136. The zero-order valence-electron chi connectivity index (χ0n) is 10.9. The topological polar surface area (TPSA) is 26.3 Å². The number of ether oxygens (including phenoxy) is 1. The van der Waals surface area contributed by atoms with Crippen molar-refractivity contribution in [2.45, 2.75) is 6.42 Å². The summed E-state index contributed by atoms with van der Waals surface area (Å²) < 4.78 is 4.85. The molecule has 0 radical (unpaired) electrons. The minimum absolute atomic E-state index is 0.285. The van der Waals surface area contributed by atoms with Crippen molar-refractivity contribution >= 4 is 12.0 Å². The number of hydrogen-bond donors (Lipinski definition) is 0. The van der Waals surface area contributed by atoms with E-state index < -0.39 is 0 Å². The molecule has 2 heteroatoms. The Balaban J connectivity index is 2.27. The van der Waals surface area contributed by atoms with Crippen LogP contribution in [0, 0.1) is 0 Å². The largest absolute Gasteiger partial charge is 0.466 e. The Kier molecular flexibility index (Phi) is 4.51. The molecule has 0 bridgehead atoms. The van der Waals surface area contributed by atoms with Gasteiger partial charge in [0, 0.05) is 12.0 Å². The van der Waals surface area contributed by atoms with Crippen LogP contribution in [-0.4, -0.2) is 13.1 Å². The van der Waals surface area contributed by atoms with Crippen LogP contribution in [0.3, 0.4) is 0 Å². The zero-order valence-corrected chi connectivity index (χ0v) is 10.9. The van der Waals surface area contributed by atoms with Gasteiger partial charge in [0.25, 0.3) is 0 Å². The van der Waals surface area contributed by atoms with Gasteiger partial charge in [0.05, 0.1) is 7.11 Å². The van der Waals surface area contributed by atoms with E-state index in [1.807, 2.05) is 66.7 Å². The van der Waals surface area contributed by atoms with Gasteiger partial charge in [-0.2, -0.15) is 0 Å². The minimum Gasteiger partial charge on any atom is -0.466 e. The lowest BCUT2D eigenvalue weighted by Gasteiger charge is -2.06. The van der Waals surface area contributed by atoms with Gasteiger partial charge in [-0.3, -0.25) is 0 Å². The summed E-state index contributed by atoms with van der Waals surface area (Å²) in [4.78, 5) is 11.8. The fraction of sp³-hybridized carbons (Fsp3) is 0.118. The molecule has 0 spiro atoms. The fourth-order valence-electron chi connectivity index (χ4n) is 1.88. The minimum atomic E-state index is -0.285. The third kappa shape index (κ3) is 3.81. The molecule has 0 N–H and O–H groups in total. The first-order chi connectivity index (χ1) is 9.29. The van der Waals surface area contributed by atoms with Gasteiger partial charge in [0.2, 0.25) is 0 Å². The van der Waals surface area contributed by atoms with Crippen LogP contribution in [0.15, 0.2) is 66.2 Å². The van der Waals surface area contributed by atoms with Gasteiger partial charge >= 0.3 is 5.97 Å². The van der Waals surface area contributed by atoms with Gasteiger partial charge in [-0.25, -0.2) is 4.79 Å². The quantitative estimate of drug-likeness (QED) is 0.615. The van der Waals surface area contributed by atoms with Crippen LogP contribution < -0.4 is 0 Å². The number of methoxy groups -OCH3 is 1. The number of benzene rings is 2. The summed E-state index contributed by atoms with van der Waals surface area (Å²) in [5, 5.41) is 0. The van der Waals surface area contributed by atoms with Crippen LogP contribution in [0.2, 0.25) is 0 Å². The standard InChI is InChI=1S/C17H16O2/c1-19-17(18)16(12-14-8-4-2-5-9-14)13-15-10-6-3-7-11-15/h2-12H,13H2,1H3/b16-12+. The molecule has 0 aliphatic carbocycles. The molecule has 0 aromatic heterocycles. The van der Waals surface area contributed by atoms with Crippen LogP contribution in [0.5, 0.6) is 0 Å². The molecule has 2 nitrogen and oxygen atoms in total. The molecule has 0 heterocycles. The first kappa shape index (κ1) is 13.1. The molecule has 0 aliphatic rings. The maximum atomic E-state index is 11.8. The summed E-state index contributed by atoms with van der Waals surface area (Å²) in [5.41, 5.74) is 2.74. The molecule has 0 fully saturated rings. The monoisotopic (exact) mass is 252 g/mol. The Hall–Kier alpha value is -2.35. The highest BCUT2D eigenvalue weighted by Gasteiger charge is 2.10. The second-order valence-corrected chi connectivity index (χ2v) is 4.23. The predicted octanol–water partition coefficient (Wildman–Crippen LogP) is 3.49. The van der Waals surface area contributed by atoms with Crippen molar-refractivity contribution in [3.8, 4) is 0 Å². The van der Waals surface area contributed by atoms with E-state index in [4.69, 9.17) is 4.74 Å². The SMILES string of the molecule is COC(=O)/C(=C/c1ccccc1)Cc1ccccc1. The van der Waals surface area contributed by atoms with E-state index in [-0.39, 0.29) is 5.97 Å². The number of esters is 1. The molecule has 2 aromatic rings. The average Bonchev–Trinajstić information content (AvgIpc) is 2.48. The van der Waals surface area contributed by atoms with Gasteiger partial charge in [-0.05, 0) is 17.2 Å². The van der Waals surface area contributed by atoms with Crippen molar-refractivity contribution < 1.29 is 9.53 Å². The highest BCUT2D eigenvalue weighted by molar-refractivity contribution is 5.94. The van der Waals surface area contributed by atoms with Crippen LogP contribution in [0.25, 0.3) is 6.08 Å². The van der Waals surface area contributed by atoms with Crippen LogP contribution in [-0.2, 0) is 16.0 Å². The summed E-state index contributed by atoms with van der Waals surface area (Å²) in [6.45, 7) is 0. The molecule has 96 valence electrons. The van der Waals surface area contributed by atoms with Gasteiger partial charge in [-0.15, -0.1) is 0 Å². The van der Waals surface area contributed by atoms with E-state index in [0.29, 0.717) is 12.0 Å². The third-order valence-corrected chi connectivity index (χ3v) is 2.83. The normalized spacial score (nSPS) is 11.1. The summed E-state index contributed by atoms with van der Waals surface area (Å²) in [7, 11) is 1.41. The summed E-state index contributed by atoms with van der Waals surface area (Å²) >= 11 is 0. The lowest BCUT2D eigenvalue weighted by Crippen LogP contribution is -2.07. The van der Waals surface area contributed by atoms with Crippen molar-refractivity contribution in [3.63, 3.8) is 0 Å². The molecule has 2 aromatic carbocycles. The zero-order chi connectivity index (χ0) is 13.5. The molecule has 0 saturated carbocycles. The van der Waals surface area contributed by atoms with E-state index in [9.17, 15) is 4.79 Å². The number of hydrogen-bond acceptors (Lipinski definition) is 2. The molecular formula is C17H16O2. The fourth-order valence-corrected chi connectivity index (χ4v) is 1.88. The predicted molar refractivity (Wildman–Crippen MR) is 76.6 cm³/mol. The highest BCUT2D eigenvalue weighted by atomic mass is 16.5. The Bertz CT molecular complexity index is 556. The maximum Gasteiger partial charge on any atom is 0.334 e. The number of carbonyl (C=O) groups is 1. The van der Waals surface area contributed by atoms with Crippen molar-refractivity contribution in [3.05, 3.63) is 77.4 Å². The van der Waals surface area contributed by atoms with Gasteiger partial charge in [0.1, 0.15) is 0 Å². The molecule has 19 heavy (non-hydrogen) atoms. The molecule has 2 rings (SSSR count). The molecule has 0 amide bonds.